The van der Waals surface area contributed by atoms with E-state index in [1.165, 1.54) is 0 Å². The lowest BCUT2D eigenvalue weighted by Crippen LogP contribution is -2.49. The zero-order valence-corrected chi connectivity index (χ0v) is 13.6. The van der Waals surface area contributed by atoms with E-state index >= 15 is 0 Å². The maximum Gasteiger partial charge on any atom is 0.408 e. The number of rotatable bonds is 6. The largest absolute Gasteiger partial charge is 0.444 e. The van der Waals surface area contributed by atoms with Crippen LogP contribution in [0.4, 0.5) is 4.79 Å². The Bertz CT molecular complexity index is 552. The lowest BCUT2D eigenvalue weighted by molar-refractivity contribution is -0.126. The van der Waals surface area contributed by atoms with Crippen LogP contribution in [0.3, 0.4) is 0 Å². The summed E-state index contributed by atoms with van der Waals surface area (Å²) in [4.78, 5) is 34.8. The maximum atomic E-state index is 11.8. The fraction of sp³-hybridized carbons (Fsp3) is 0.438. The second-order valence-electron chi connectivity index (χ2n) is 6.07. The van der Waals surface area contributed by atoms with Gasteiger partial charge < -0.3 is 21.1 Å². The number of nitrogens with two attached hydrogens (primary N) is 1. The highest BCUT2D eigenvalue weighted by atomic mass is 16.6. The van der Waals surface area contributed by atoms with Crippen LogP contribution in [0.15, 0.2) is 30.3 Å². The highest BCUT2D eigenvalue weighted by molar-refractivity contribution is 5.88. The zero-order chi connectivity index (χ0) is 17.5. The summed E-state index contributed by atoms with van der Waals surface area (Å²) >= 11 is 0. The van der Waals surface area contributed by atoms with E-state index in [-0.39, 0.29) is 13.0 Å². The van der Waals surface area contributed by atoms with Crippen LogP contribution in [-0.4, -0.2) is 36.1 Å². The van der Waals surface area contributed by atoms with Crippen molar-refractivity contribution in [2.45, 2.75) is 38.8 Å². The van der Waals surface area contributed by atoms with E-state index in [0.717, 1.165) is 5.56 Å². The summed E-state index contributed by atoms with van der Waals surface area (Å²) in [7, 11) is 0. The molecule has 1 atom stereocenters. The summed E-state index contributed by atoms with van der Waals surface area (Å²) in [6.07, 6.45) is -0.416. The van der Waals surface area contributed by atoms with Gasteiger partial charge in [0, 0.05) is 6.42 Å². The van der Waals surface area contributed by atoms with Gasteiger partial charge in [-0.25, -0.2) is 4.79 Å². The Morgan fingerprint density at radius 1 is 1.17 bits per heavy atom. The van der Waals surface area contributed by atoms with Crippen LogP contribution < -0.4 is 16.4 Å². The van der Waals surface area contributed by atoms with Crippen molar-refractivity contribution in [1.29, 1.82) is 0 Å². The molecule has 1 aromatic rings. The van der Waals surface area contributed by atoms with E-state index in [1.807, 2.05) is 30.3 Å². The molecule has 0 aromatic heterocycles. The Labute approximate surface area is 135 Å². The molecule has 0 saturated heterocycles. The molecule has 3 amide bonds. The highest BCUT2D eigenvalue weighted by Gasteiger charge is 2.20. The third-order valence-corrected chi connectivity index (χ3v) is 2.75. The Morgan fingerprint density at radius 2 is 1.78 bits per heavy atom. The zero-order valence-electron chi connectivity index (χ0n) is 13.6. The number of hydrogen-bond donors (Lipinski definition) is 3. The van der Waals surface area contributed by atoms with Gasteiger partial charge in [0.1, 0.15) is 18.2 Å². The molecule has 0 aliphatic carbocycles. The molecule has 0 aliphatic rings. The summed E-state index contributed by atoms with van der Waals surface area (Å²) in [5.41, 5.74) is 5.53. The van der Waals surface area contributed by atoms with Gasteiger partial charge in [-0.1, -0.05) is 30.3 Å². The van der Waals surface area contributed by atoms with Crippen LogP contribution in [0.1, 0.15) is 26.3 Å². The van der Waals surface area contributed by atoms with Gasteiger partial charge in [-0.2, -0.15) is 0 Å². The fourth-order valence-electron chi connectivity index (χ4n) is 1.78. The van der Waals surface area contributed by atoms with Crippen molar-refractivity contribution >= 4 is 17.9 Å². The molecule has 0 saturated carbocycles. The normalized spacial score (nSPS) is 12.1. The summed E-state index contributed by atoms with van der Waals surface area (Å²) in [5.74, 6) is -1.16. The minimum atomic E-state index is -0.842. The van der Waals surface area contributed by atoms with E-state index in [9.17, 15) is 14.4 Å². The number of carbonyl (C=O) groups is 3. The molecule has 1 unspecified atom stereocenters. The molecule has 0 spiro atoms. The van der Waals surface area contributed by atoms with Gasteiger partial charge in [0.2, 0.25) is 11.8 Å². The Kier molecular flexibility index (Phi) is 6.56. The van der Waals surface area contributed by atoms with Gasteiger partial charge in [0.05, 0.1) is 0 Å². The second-order valence-corrected chi connectivity index (χ2v) is 6.07. The van der Waals surface area contributed by atoms with E-state index in [1.54, 1.807) is 20.8 Å². The molecule has 23 heavy (non-hydrogen) atoms. The molecule has 0 radical (unpaired) electrons. The van der Waals surface area contributed by atoms with E-state index in [0.29, 0.717) is 0 Å². The molecule has 0 aliphatic heterocycles. The van der Waals surface area contributed by atoms with E-state index in [2.05, 4.69) is 10.6 Å². The van der Waals surface area contributed by atoms with Crippen molar-refractivity contribution in [3.05, 3.63) is 35.9 Å². The van der Waals surface area contributed by atoms with Crippen LogP contribution in [0, 0.1) is 0 Å². The van der Waals surface area contributed by atoms with Crippen molar-refractivity contribution < 1.29 is 19.1 Å². The quantitative estimate of drug-likeness (QED) is 0.717. The number of primary amides is 1. The van der Waals surface area contributed by atoms with Gasteiger partial charge in [-0.05, 0) is 26.3 Å². The fourth-order valence-corrected chi connectivity index (χ4v) is 1.78. The van der Waals surface area contributed by atoms with E-state index in [4.69, 9.17) is 10.5 Å². The second kappa shape index (κ2) is 8.17. The molecular formula is C16H23N3O4. The number of amides is 3. The number of alkyl carbamates (subject to hydrolysis) is 1. The Hall–Kier alpha value is -2.57. The number of ether oxygens (including phenoxy) is 1. The molecule has 0 fully saturated rings. The molecule has 1 aromatic carbocycles. The molecule has 0 bridgehead atoms. The lowest BCUT2D eigenvalue weighted by atomic mass is 10.1. The number of carbonyl (C=O) groups excluding carboxylic acids is 3. The predicted molar refractivity (Wildman–Crippen MR) is 85.5 cm³/mol. The summed E-state index contributed by atoms with van der Waals surface area (Å²) < 4.78 is 5.01. The summed E-state index contributed by atoms with van der Waals surface area (Å²) in [5, 5.41) is 4.82. The molecule has 126 valence electrons. The van der Waals surface area contributed by atoms with Crippen molar-refractivity contribution in [3.8, 4) is 0 Å². The number of benzene rings is 1. The lowest BCUT2D eigenvalue weighted by Gasteiger charge is -2.20. The minimum Gasteiger partial charge on any atom is -0.444 e. The average molecular weight is 321 g/mol. The first-order chi connectivity index (χ1) is 10.7. The van der Waals surface area contributed by atoms with Gasteiger partial charge in [0.25, 0.3) is 0 Å². The third kappa shape index (κ3) is 7.85. The highest BCUT2D eigenvalue weighted by Crippen LogP contribution is 2.06. The summed E-state index contributed by atoms with van der Waals surface area (Å²) in [6, 6.07) is 8.34. The van der Waals surface area contributed by atoms with Crippen LogP contribution >= 0.6 is 0 Å². The van der Waals surface area contributed by atoms with Crippen LogP contribution in [0.25, 0.3) is 0 Å². The molecule has 7 nitrogen and oxygen atoms in total. The van der Waals surface area contributed by atoms with Gasteiger partial charge >= 0.3 is 6.09 Å². The van der Waals surface area contributed by atoms with Crippen molar-refractivity contribution in [2.24, 2.45) is 5.73 Å². The number of nitrogens with one attached hydrogen (secondary N) is 2. The SMILES string of the molecule is CC(C)(C)OC(=O)NCC(=O)NC(Cc1ccccc1)C(N)=O. The first-order valence-electron chi connectivity index (χ1n) is 7.27. The van der Waals surface area contributed by atoms with Crippen molar-refractivity contribution in [3.63, 3.8) is 0 Å². The van der Waals surface area contributed by atoms with Gasteiger partial charge in [0.15, 0.2) is 0 Å². The molecule has 7 heteroatoms. The average Bonchev–Trinajstić information content (AvgIpc) is 2.43. The first kappa shape index (κ1) is 18.5. The van der Waals surface area contributed by atoms with Crippen LogP contribution in [0.5, 0.6) is 0 Å². The smallest absolute Gasteiger partial charge is 0.408 e. The number of hydrogen-bond acceptors (Lipinski definition) is 4. The topological polar surface area (TPSA) is 111 Å². The first-order valence-corrected chi connectivity index (χ1v) is 7.27. The Morgan fingerprint density at radius 3 is 2.30 bits per heavy atom. The minimum absolute atomic E-state index is 0.286. The molecule has 4 N–H and O–H groups in total. The van der Waals surface area contributed by atoms with Gasteiger partial charge in [-0.3, -0.25) is 9.59 Å². The molecular weight excluding hydrogens is 298 g/mol. The van der Waals surface area contributed by atoms with E-state index < -0.39 is 29.6 Å². The molecule has 1 rings (SSSR count). The van der Waals surface area contributed by atoms with Crippen LogP contribution in [-0.2, 0) is 20.7 Å². The standard InChI is InChI=1S/C16H23N3O4/c1-16(2,3)23-15(22)18-10-13(20)19-12(14(17)21)9-11-7-5-4-6-8-11/h4-8,12H,9-10H2,1-3H3,(H2,17,21)(H,18,22)(H,19,20). The predicted octanol–water partition coefficient (Wildman–Crippen LogP) is 0.724. The van der Waals surface area contributed by atoms with Gasteiger partial charge in [-0.15, -0.1) is 0 Å². The Balaban J connectivity index is 2.49. The van der Waals surface area contributed by atoms with Crippen molar-refractivity contribution in [1.82, 2.24) is 10.6 Å². The molecule has 0 heterocycles. The third-order valence-electron chi connectivity index (χ3n) is 2.75. The van der Waals surface area contributed by atoms with Crippen LogP contribution in [0.2, 0.25) is 0 Å². The maximum absolute atomic E-state index is 11.8. The van der Waals surface area contributed by atoms with Crippen molar-refractivity contribution in [2.75, 3.05) is 6.54 Å². The monoisotopic (exact) mass is 321 g/mol. The summed E-state index contributed by atoms with van der Waals surface area (Å²) in [6.45, 7) is 4.86.